The summed E-state index contributed by atoms with van der Waals surface area (Å²) < 4.78 is 0. The second-order valence-electron chi connectivity index (χ2n) is 6.02. The first kappa shape index (κ1) is 17.5. The summed E-state index contributed by atoms with van der Waals surface area (Å²) in [5, 5.41) is 9.55. The van der Waals surface area contributed by atoms with Gasteiger partial charge >= 0.3 is 0 Å². The molecule has 1 aromatic heterocycles. The van der Waals surface area contributed by atoms with Crippen LogP contribution < -0.4 is 10.6 Å². The van der Waals surface area contributed by atoms with E-state index in [9.17, 15) is 4.79 Å². The summed E-state index contributed by atoms with van der Waals surface area (Å²) in [6.45, 7) is 2.59. The van der Waals surface area contributed by atoms with E-state index in [-0.39, 0.29) is 5.91 Å². The van der Waals surface area contributed by atoms with E-state index in [1.165, 1.54) is 18.4 Å². The van der Waals surface area contributed by atoms with Gasteiger partial charge in [-0.1, -0.05) is 12.1 Å². The summed E-state index contributed by atoms with van der Waals surface area (Å²) in [6, 6.07) is 8.03. The van der Waals surface area contributed by atoms with E-state index in [0.717, 1.165) is 35.1 Å². The van der Waals surface area contributed by atoms with Crippen molar-refractivity contribution in [1.82, 2.24) is 15.6 Å². The van der Waals surface area contributed by atoms with Crippen LogP contribution in [0.4, 0.5) is 0 Å². The molecule has 0 radical (unpaired) electrons. The first-order chi connectivity index (χ1) is 11.8. The van der Waals surface area contributed by atoms with Crippen molar-refractivity contribution in [2.75, 3.05) is 19.3 Å². The van der Waals surface area contributed by atoms with Gasteiger partial charge in [-0.3, -0.25) is 4.79 Å². The molecule has 0 spiro atoms. The van der Waals surface area contributed by atoms with Gasteiger partial charge < -0.3 is 10.6 Å². The van der Waals surface area contributed by atoms with Crippen LogP contribution in [-0.2, 0) is 12.3 Å². The van der Waals surface area contributed by atoms with Gasteiger partial charge in [0.1, 0.15) is 5.01 Å². The fraction of sp³-hybridized carbons (Fsp3) is 0.444. The molecule has 1 fully saturated rings. The highest BCUT2D eigenvalue weighted by molar-refractivity contribution is 7.97. The molecule has 0 saturated carbocycles. The minimum Gasteiger partial charge on any atom is -0.346 e. The van der Waals surface area contributed by atoms with Gasteiger partial charge in [-0.15, -0.1) is 11.3 Å². The fourth-order valence-corrected chi connectivity index (χ4v) is 4.48. The van der Waals surface area contributed by atoms with Crippen LogP contribution in [0.1, 0.15) is 45.4 Å². The Morgan fingerprint density at radius 2 is 2.42 bits per heavy atom. The van der Waals surface area contributed by atoms with Crippen molar-refractivity contribution < 1.29 is 4.79 Å². The van der Waals surface area contributed by atoms with E-state index in [0.29, 0.717) is 12.5 Å². The Bertz CT molecular complexity index is 680. The highest BCUT2D eigenvalue weighted by atomic mass is 32.2. The molecule has 24 heavy (non-hydrogen) atoms. The maximum Gasteiger partial charge on any atom is 0.251 e. The van der Waals surface area contributed by atoms with Crippen molar-refractivity contribution in [3.05, 3.63) is 51.5 Å². The van der Waals surface area contributed by atoms with Gasteiger partial charge in [0.2, 0.25) is 0 Å². The summed E-state index contributed by atoms with van der Waals surface area (Å²) in [5.74, 6) is 1.41. The van der Waals surface area contributed by atoms with Gasteiger partial charge in [0, 0.05) is 23.2 Å². The quantitative estimate of drug-likeness (QED) is 0.828. The number of nitrogens with zero attached hydrogens (tertiary/aromatic N) is 1. The molecule has 1 atom stereocenters. The number of thioether (sulfide) groups is 1. The Labute approximate surface area is 151 Å². The molecule has 1 aliphatic heterocycles. The van der Waals surface area contributed by atoms with Crippen molar-refractivity contribution in [3.8, 4) is 0 Å². The lowest BCUT2D eigenvalue weighted by Gasteiger charge is -2.23. The van der Waals surface area contributed by atoms with E-state index in [1.54, 1.807) is 23.1 Å². The van der Waals surface area contributed by atoms with Gasteiger partial charge in [0.25, 0.3) is 5.91 Å². The summed E-state index contributed by atoms with van der Waals surface area (Å²) in [6.07, 6.45) is 4.45. The second kappa shape index (κ2) is 8.65. The number of carbonyl (C=O) groups is 1. The molecule has 2 aromatic rings. The number of benzene rings is 1. The number of rotatable bonds is 6. The van der Waals surface area contributed by atoms with Crippen LogP contribution in [0.3, 0.4) is 0 Å². The normalized spacial score (nSPS) is 17.6. The number of amides is 1. The topological polar surface area (TPSA) is 54.0 Å². The summed E-state index contributed by atoms with van der Waals surface area (Å²) in [5.41, 5.74) is 2.92. The number of nitrogens with one attached hydrogen (secondary N) is 2. The molecule has 1 aromatic carbocycles. The van der Waals surface area contributed by atoms with E-state index in [1.807, 2.05) is 23.6 Å². The molecule has 0 unspecified atom stereocenters. The van der Waals surface area contributed by atoms with Crippen LogP contribution in [0.15, 0.2) is 29.6 Å². The fourth-order valence-electron chi connectivity index (χ4n) is 2.96. The zero-order valence-corrected chi connectivity index (χ0v) is 15.5. The standard InChI is InChI=1S/C18H23N3OS2/c1-23-12-17-21-16(11-24-17)10-20-18(22)14-5-2-4-13(8-14)15-6-3-7-19-9-15/h2,4-5,8,11,15,19H,3,6-7,9-10,12H2,1H3,(H,20,22)/t15-/m1/s1. The maximum atomic E-state index is 12.4. The van der Waals surface area contributed by atoms with Crippen molar-refractivity contribution in [1.29, 1.82) is 0 Å². The molecule has 2 heterocycles. The lowest BCUT2D eigenvalue weighted by atomic mass is 9.90. The zero-order chi connectivity index (χ0) is 16.8. The molecule has 3 rings (SSSR count). The molecule has 0 aliphatic carbocycles. The molecule has 1 aliphatic rings. The molecular weight excluding hydrogens is 338 g/mol. The molecule has 6 heteroatoms. The zero-order valence-electron chi connectivity index (χ0n) is 13.9. The van der Waals surface area contributed by atoms with E-state index < -0.39 is 0 Å². The van der Waals surface area contributed by atoms with Crippen molar-refractivity contribution in [3.63, 3.8) is 0 Å². The third-order valence-electron chi connectivity index (χ3n) is 4.21. The number of carbonyl (C=O) groups excluding carboxylic acids is 1. The summed E-state index contributed by atoms with van der Waals surface area (Å²) >= 11 is 3.41. The second-order valence-corrected chi connectivity index (χ2v) is 7.83. The van der Waals surface area contributed by atoms with E-state index in [2.05, 4.69) is 27.9 Å². The average molecular weight is 362 g/mol. The van der Waals surface area contributed by atoms with Gasteiger partial charge in [-0.25, -0.2) is 4.98 Å². The minimum atomic E-state index is -0.0277. The first-order valence-corrected chi connectivity index (χ1v) is 10.5. The molecule has 0 bridgehead atoms. The average Bonchev–Trinajstić information content (AvgIpc) is 3.08. The van der Waals surface area contributed by atoms with Crippen LogP contribution in [0.2, 0.25) is 0 Å². The Morgan fingerprint density at radius 1 is 1.50 bits per heavy atom. The molecule has 1 amide bonds. The van der Waals surface area contributed by atoms with Crippen molar-refractivity contribution >= 4 is 29.0 Å². The van der Waals surface area contributed by atoms with Crippen LogP contribution in [0.5, 0.6) is 0 Å². The Kier molecular flexibility index (Phi) is 6.29. The summed E-state index contributed by atoms with van der Waals surface area (Å²) in [4.78, 5) is 17.0. The number of hydrogen-bond donors (Lipinski definition) is 2. The first-order valence-electron chi connectivity index (χ1n) is 8.27. The van der Waals surface area contributed by atoms with Gasteiger partial charge in [0.15, 0.2) is 0 Å². The number of piperidine rings is 1. The lowest BCUT2D eigenvalue weighted by molar-refractivity contribution is 0.0950. The number of aromatic nitrogens is 1. The highest BCUT2D eigenvalue weighted by Crippen LogP contribution is 2.24. The predicted octanol–water partition coefficient (Wildman–Crippen LogP) is 3.40. The number of hydrogen-bond acceptors (Lipinski definition) is 5. The van der Waals surface area contributed by atoms with E-state index >= 15 is 0 Å². The van der Waals surface area contributed by atoms with E-state index in [4.69, 9.17) is 0 Å². The smallest absolute Gasteiger partial charge is 0.251 e. The van der Waals surface area contributed by atoms with Gasteiger partial charge in [-0.2, -0.15) is 11.8 Å². The van der Waals surface area contributed by atoms with Crippen LogP contribution in [-0.4, -0.2) is 30.2 Å². The predicted molar refractivity (Wildman–Crippen MR) is 102 cm³/mol. The van der Waals surface area contributed by atoms with Crippen LogP contribution in [0, 0.1) is 0 Å². The highest BCUT2D eigenvalue weighted by Gasteiger charge is 2.16. The van der Waals surface area contributed by atoms with Crippen molar-refractivity contribution in [2.24, 2.45) is 0 Å². The maximum absolute atomic E-state index is 12.4. The Hall–Kier alpha value is -1.37. The lowest BCUT2D eigenvalue weighted by Crippen LogP contribution is -2.28. The molecule has 4 nitrogen and oxygen atoms in total. The van der Waals surface area contributed by atoms with Crippen LogP contribution >= 0.6 is 23.1 Å². The van der Waals surface area contributed by atoms with Gasteiger partial charge in [0.05, 0.1) is 12.2 Å². The van der Waals surface area contributed by atoms with Crippen molar-refractivity contribution in [2.45, 2.75) is 31.1 Å². The largest absolute Gasteiger partial charge is 0.346 e. The molecule has 128 valence electrons. The number of thiazole rings is 1. The minimum absolute atomic E-state index is 0.0277. The third-order valence-corrected chi connectivity index (χ3v) is 5.86. The van der Waals surface area contributed by atoms with Crippen LogP contribution in [0.25, 0.3) is 0 Å². The monoisotopic (exact) mass is 361 g/mol. The van der Waals surface area contributed by atoms with Gasteiger partial charge in [-0.05, 0) is 49.3 Å². The molecule has 2 N–H and O–H groups in total. The molecule has 1 saturated heterocycles. The Balaban J connectivity index is 1.59. The summed E-state index contributed by atoms with van der Waals surface area (Å²) in [7, 11) is 0. The third kappa shape index (κ3) is 4.59. The molecular formula is C18H23N3OS2. The Morgan fingerprint density at radius 3 is 3.21 bits per heavy atom. The SMILES string of the molecule is CSCc1nc(CNC(=O)c2cccc([C@@H]3CCCNC3)c2)cs1.